The Hall–Kier alpha value is -2.86. The van der Waals surface area contributed by atoms with Crippen LogP contribution in [0.3, 0.4) is 0 Å². The lowest BCUT2D eigenvalue weighted by molar-refractivity contribution is 0.194. The molecule has 0 bridgehead atoms. The van der Waals surface area contributed by atoms with E-state index in [0.29, 0.717) is 24.7 Å². The largest absolute Gasteiger partial charge is 0.322 e. The highest BCUT2D eigenvalue weighted by atomic mass is 35.5. The van der Waals surface area contributed by atoms with Crippen LogP contribution in [-0.2, 0) is 13.1 Å². The molecule has 1 aromatic carbocycles. The summed E-state index contributed by atoms with van der Waals surface area (Å²) < 4.78 is 1.92. The fourth-order valence-corrected chi connectivity index (χ4v) is 3.07. The van der Waals surface area contributed by atoms with Gasteiger partial charge in [-0.1, -0.05) is 29.8 Å². The van der Waals surface area contributed by atoms with E-state index in [2.05, 4.69) is 15.4 Å². The van der Waals surface area contributed by atoms with Gasteiger partial charge in [0.15, 0.2) is 0 Å². The van der Waals surface area contributed by atoms with Gasteiger partial charge in [-0.05, 0) is 24.3 Å². The Morgan fingerprint density at radius 3 is 2.80 bits per heavy atom. The normalized spacial score (nSPS) is 13.4. The maximum absolute atomic E-state index is 12.5. The molecule has 1 aliphatic heterocycles. The highest BCUT2D eigenvalue weighted by molar-refractivity contribution is 6.30. The van der Waals surface area contributed by atoms with Crippen molar-refractivity contribution in [3.8, 4) is 11.3 Å². The number of aromatic nitrogens is 3. The summed E-state index contributed by atoms with van der Waals surface area (Å²) in [6.07, 6.45) is 3.46. The van der Waals surface area contributed by atoms with Gasteiger partial charge >= 0.3 is 6.03 Å². The van der Waals surface area contributed by atoms with E-state index in [1.807, 2.05) is 41.1 Å². The summed E-state index contributed by atoms with van der Waals surface area (Å²) >= 11 is 6.07. The number of nitrogens with zero attached hydrogens (tertiary/aromatic N) is 4. The summed E-state index contributed by atoms with van der Waals surface area (Å²) in [4.78, 5) is 18.7. The summed E-state index contributed by atoms with van der Waals surface area (Å²) in [5.41, 5.74) is 3.41. The first-order valence-corrected chi connectivity index (χ1v) is 8.36. The molecule has 4 rings (SSSR count). The van der Waals surface area contributed by atoms with Crippen LogP contribution in [-0.4, -0.2) is 32.2 Å². The van der Waals surface area contributed by atoms with E-state index >= 15 is 0 Å². The van der Waals surface area contributed by atoms with Crippen LogP contribution in [0.15, 0.2) is 54.9 Å². The number of carbonyl (C=O) groups is 1. The predicted molar refractivity (Wildman–Crippen MR) is 96.3 cm³/mol. The number of halogens is 1. The van der Waals surface area contributed by atoms with Crippen molar-refractivity contribution in [2.45, 2.75) is 13.1 Å². The van der Waals surface area contributed by atoms with Gasteiger partial charge in [0.25, 0.3) is 0 Å². The number of benzene rings is 1. The Morgan fingerprint density at radius 2 is 2.00 bits per heavy atom. The second-order valence-electron chi connectivity index (χ2n) is 5.81. The fraction of sp³-hybridized carbons (Fsp3) is 0.167. The molecule has 126 valence electrons. The molecule has 6 nitrogen and oxygen atoms in total. The van der Waals surface area contributed by atoms with Gasteiger partial charge in [0.2, 0.25) is 0 Å². The quantitative estimate of drug-likeness (QED) is 0.765. The number of fused-ring (bicyclic) bond motifs is 1. The monoisotopic (exact) mass is 353 g/mol. The second-order valence-corrected chi connectivity index (χ2v) is 6.24. The van der Waals surface area contributed by atoms with E-state index in [4.69, 9.17) is 11.6 Å². The number of amides is 2. The number of anilines is 1. The molecule has 0 saturated carbocycles. The smallest absolute Gasteiger partial charge is 0.317 e. The molecule has 1 N–H and O–H groups in total. The van der Waals surface area contributed by atoms with Gasteiger partial charge in [-0.3, -0.25) is 9.67 Å². The number of para-hydroxylation sites is 1. The van der Waals surface area contributed by atoms with Gasteiger partial charge in [0.1, 0.15) is 0 Å². The molecular weight excluding hydrogens is 338 g/mol. The topological polar surface area (TPSA) is 63.1 Å². The number of carbonyl (C=O) groups excluding carboxylic acids is 1. The van der Waals surface area contributed by atoms with Crippen LogP contribution in [0.25, 0.3) is 11.3 Å². The number of hydrogen-bond acceptors (Lipinski definition) is 3. The van der Waals surface area contributed by atoms with Crippen LogP contribution in [0.4, 0.5) is 10.5 Å². The molecule has 2 amide bonds. The molecule has 25 heavy (non-hydrogen) atoms. The van der Waals surface area contributed by atoms with E-state index in [1.54, 1.807) is 23.4 Å². The number of hydrogen-bond donors (Lipinski definition) is 1. The molecule has 0 fully saturated rings. The van der Waals surface area contributed by atoms with Crippen molar-refractivity contribution >= 4 is 23.3 Å². The first kappa shape index (κ1) is 15.7. The summed E-state index contributed by atoms with van der Waals surface area (Å²) in [6.45, 7) is 1.73. The maximum atomic E-state index is 12.5. The molecule has 0 spiro atoms. The number of urea groups is 1. The average molecular weight is 354 g/mol. The highest BCUT2D eigenvalue weighted by Crippen LogP contribution is 2.27. The zero-order valence-electron chi connectivity index (χ0n) is 13.4. The molecule has 3 aromatic rings. The van der Waals surface area contributed by atoms with Crippen molar-refractivity contribution in [1.82, 2.24) is 19.7 Å². The third kappa shape index (κ3) is 3.21. The maximum Gasteiger partial charge on any atom is 0.322 e. The third-order valence-corrected chi connectivity index (χ3v) is 4.42. The fourth-order valence-electron chi connectivity index (χ4n) is 2.91. The van der Waals surface area contributed by atoms with Crippen molar-refractivity contribution in [2.24, 2.45) is 0 Å². The zero-order chi connectivity index (χ0) is 17.2. The van der Waals surface area contributed by atoms with E-state index in [1.165, 1.54) is 0 Å². The van der Waals surface area contributed by atoms with Crippen LogP contribution in [0.2, 0.25) is 5.02 Å². The van der Waals surface area contributed by atoms with Gasteiger partial charge in [-0.15, -0.1) is 0 Å². The predicted octanol–water partition coefficient (Wildman–Crippen LogP) is 3.65. The van der Waals surface area contributed by atoms with E-state index in [-0.39, 0.29) is 6.03 Å². The molecule has 0 radical (unpaired) electrons. The summed E-state index contributed by atoms with van der Waals surface area (Å²) in [6, 6.07) is 12.9. The minimum atomic E-state index is -0.122. The lowest BCUT2D eigenvalue weighted by Gasteiger charge is -2.28. The van der Waals surface area contributed by atoms with Gasteiger partial charge in [0.05, 0.1) is 30.7 Å². The van der Waals surface area contributed by atoms with Crippen LogP contribution in [0, 0.1) is 0 Å². The molecule has 0 aliphatic carbocycles. The Morgan fingerprint density at radius 1 is 1.16 bits per heavy atom. The van der Waals surface area contributed by atoms with E-state index in [9.17, 15) is 4.79 Å². The van der Waals surface area contributed by atoms with E-state index < -0.39 is 0 Å². The molecule has 0 saturated heterocycles. The van der Waals surface area contributed by atoms with Crippen LogP contribution >= 0.6 is 11.6 Å². The van der Waals surface area contributed by atoms with Crippen LogP contribution in [0.1, 0.15) is 5.69 Å². The summed E-state index contributed by atoms with van der Waals surface area (Å²) in [5.74, 6) is 0. The van der Waals surface area contributed by atoms with Crippen molar-refractivity contribution < 1.29 is 4.79 Å². The van der Waals surface area contributed by atoms with Gasteiger partial charge in [0, 0.05) is 29.0 Å². The minimum absolute atomic E-state index is 0.122. The molecule has 0 unspecified atom stereocenters. The molecule has 1 aliphatic rings. The molecule has 7 heteroatoms. The molecular formula is C18H16ClN5O. The number of rotatable bonds is 2. The summed E-state index contributed by atoms with van der Waals surface area (Å²) in [5, 5.41) is 7.96. The first-order valence-electron chi connectivity index (χ1n) is 7.98. The van der Waals surface area contributed by atoms with Crippen LogP contribution < -0.4 is 5.32 Å². The van der Waals surface area contributed by atoms with Gasteiger partial charge < -0.3 is 10.2 Å². The zero-order valence-corrected chi connectivity index (χ0v) is 14.1. The Balaban J connectivity index is 1.56. The summed E-state index contributed by atoms with van der Waals surface area (Å²) in [7, 11) is 0. The molecule has 0 atom stereocenters. The van der Waals surface area contributed by atoms with Crippen LogP contribution in [0.5, 0.6) is 0 Å². The Bertz CT molecular complexity index is 909. The number of pyridine rings is 1. The Kier molecular flexibility index (Phi) is 4.11. The number of nitrogens with one attached hydrogen (secondary N) is 1. The third-order valence-electron chi connectivity index (χ3n) is 4.18. The van der Waals surface area contributed by atoms with E-state index in [0.717, 1.165) is 22.6 Å². The highest BCUT2D eigenvalue weighted by Gasteiger charge is 2.25. The van der Waals surface area contributed by atoms with Gasteiger partial charge in [-0.25, -0.2) is 4.79 Å². The van der Waals surface area contributed by atoms with Crippen molar-refractivity contribution in [1.29, 1.82) is 0 Å². The minimum Gasteiger partial charge on any atom is -0.317 e. The average Bonchev–Trinajstić information content (AvgIpc) is 3.05. The standard InChI is InChI=1S/C18H16ClN5O/c19-13-6-7-20-16(10-13)15-11-21-24-9-8-23(12-17(15)24)18(25)22-14-4-2-1-3-5-14/h1-7,10-11H,8-9,12H2,(H,22,25). The van der Waals surface area contributed by atoms with Crippen molar-refractivity contribution in [2.75, 3.05) is 11.9 Å². The lowest BCUT2D eigenvalue weighted by Crippen LogP contribution is -2.41. The molecule has 3 heterocycles. The lowest BCUT2D eigenvalue weighted by atomic mass is 10.1. The SMILES string of the molecule is O=C(Nc1ccccc1)N1CCn2ncc(-c3cc(Cl)ccn3)c2C1. The van der Waals surface area contributed by atoms with Gasteiger partial charge in [-0.2, -0.15) is 5.10 Å². The Labute approximate surface area is 150 Å². The second kappa shape index (κ2) is 6.57. The van der Waals surface area contributed by atoms with Crippen molar-refractivity contribution in [3.05, 3.63) is 65.6 Å². The van der Waals surface area contributed by atoms with Crippen molar-refractivity contribution in [3.63, 3.8) is 0 Å². The first-order chi connectivity index (χ1) is 12.2. The molecule has 2 aromatic heterocycles.